The van der Waals surface area contributed by atoms with Gasteiger partial charge >= 0.3 is 0 Å². The summed E-state index contributed by atoms with van der Waals surface area (Å²) in [7, 11) is 1.72. The highest BCUT2D eigenvalue weighted by atomic mass is 19.2. The lowest BCUT2D eigenvalue weighted by atomic mass is 9.98. The number of nitrogens with one attached hydrogen (secondary N) is 1. The van der Waals surface area contributed by atoms with Crippen molar-refractivity contribution in [2.45, 2.75) is 13.0 Å². The van der Waals surface area contributed by atoms with Gasteiger partial charge in [0.25, 0.3) is 0 Å². The molecule has 0 saturated heterocycles. The lowest BCUT2D eigenvalue weighted by Crippen LogP contribution is -2.19. The maximum absolute atomic E-state index is 14.2. The molecule has 1 aromatic carbocycles. The normalized spacial score (nSPS) is 12.8. The van der Waals surface area contributed by atoms with Gasteiger partial charge in [-0.25, -0.2) is 13.3 Å². The van der Waals surface area contributed by atoms with Crippen LogP contribution < -0.4 is 5.32 Å². The number of fused-ring (bicyclic) bond motifs is 1. The highest BCUT2D eigenvalue weighted by Crippen LogP contribution is 2.29. The van der Waals surface area contributed by atoms with Crippen LogP contribution in [-0.4, -0.2) is 16.7 Å². The molecule has 0 radical (unpaired) electrons. The van der Waals surface area contributed by atoms with Crippen molar-refractivity contribution in [3.8, 4) is 0 Å². The van der Waals surface area contributed by atoms with Gasteiger partial charge in [-0.1, -0.05) is 18.2 Å². The second kappa shape index (κ2) is 5.26. The fraction of sp³-hybridized carbons (Fsp3) is 0.188. The molecular weight excluding hydrogens is 272 g/mol. The molecule has 3 nitrogen and oxygen atoms in total. The number of hydrogen-bond acceptors (Lipinski definition) is 2. The Kier molecular flexibility index (Phi) is 3.43. The standard InChI is InChI=1S/C16H15F2N3/c1-10-6-7-11(15(18)14(10)17)16(19-2)12-9-20-21-8-4-3-5-13(12)21/h3-9,16,19H,1-2H3. The lowest BCUT2D eigenvalue weighted by molar-refractivity contribution is 0.483. The van der Waals surface area contributed by atoms with Crippen molar-refractivity contribution in [2.75, 3.05) is 7.05 Å². The van der Waals surface area contributed by atoms with Crippen LogP contribution in [0.3, 0.4) is 0 Å². The number of nitrogens with zero attached hydrogens (tertiary/aromatic N) is 2. The fourth-order valence-corrected chi connectivity index (χ4v) is 2.54. The summed E-state index contributed by atoms with van der Waals surface area (Å²) in [4.78, 5) is 0. The van der Waals surface area contributed by atoms with E-state index >= 15 is 0 Å². The molecule has 0 spiro atoms. The largest absolute Gasteiger partial charge is 0.309 e. The van der Waals surface area contributed by atoms with Gasteiger partial charge in [0.2, 0.25) is 0 Å². The van der Waals surface area contributed by atoms with Crippen molar-refractivity contribution in [2.24, 2.45) is 0 Å². The Morgan fingerprint density at radius 3 is 2.67 bits per heavy atom. The molecule has 0 aliphatic rings. The third-order valence-corrected chi connectivity index (χ3v) is 3.67. The molecule has 1 atom stereocenters. The van der Waals surface area contributed by atoms with Crippen LogP contribution in [0.1, 0.15) is 22.7 Å². The molecule has 5 heteroatoms. The average molecular weight is 287 g/mol. The predicted octanol–water partition coefficient (Wildman–Crippen LogP) is 3.23. The Bertz CT molecular complexity index is 795. The summed E-state index contributed by atoms with van der Waals surface area (Å²) in [6.45, 7) is 1.55. The van der Waals surface area contributed by atoms with Crippen molar-refractivity contribution in [3.05, 3.63) is 71.1 Å². The number of rotatable bonds is 3. The number of aryl methyl sites for hydroxylation is 1. The van der Waals surface area contributed by atoms with Crippen LogP contribution >= 0.6 is 0 Å². The van der Waals surface area contributed by atoms with Crippen molar-refractivity contribution in [1.29, 1.82) is 0 Å². The summed E-state index contributed by atoms with van der Waals surface area (Å²) < 4.78 is 29.8. The molecule has 1 unspecified atom stereocenters. The average Bonchev–Trinajstić information content (AvgIpc) is 2.92. The van der Waals surface area contributed by atoms with Crippen LogP contribution in [0.15, 0.2) is 42.7 Å². The van der Waals surface area contributed by atoms with Crippen molar-refractivity contribution in [1.82, 2.24) is 14.9 Å². The predicted molar refractivity (Wildman–Crippen MR) is 77.2 cm³/mol. The van der Waals surface area contributed by atoms with E-state index < -0.39 is 17.7 Å². The van der Waals surface area contributed by atoms with Crippen LogP contribution in [0.2, 0.25) is 0 Å². The molecular formula is C16H15F2N3. The first kappa shape index (κ1) is 13.7. The summed E-state index contributed by atoms with van der Waals surface area (Å²) in [6, 6.07) is 8.39. The molecule has 3 rings (SSSR count). The molecule has 108 valence electrons. The van der Waals surface area contributed by atoms with Crippen LogP contribution in [0.4, 0.5) is 8.78 Å². The van der Waals surface area contributed by atoms with Crippen molar-refractivity contribution < 1.29 is 8.78 Å². The molecule has 0 fully saturated rings. The maximum atomic E-state index is 14.2. The molecule has 2 aromatic heterocycles. The van der Waals surface area contributed by atoms with Crippen LogP contribution in [0, 0.1) is 18.6 Å². The highest BCUT2D eigenvalue weighted by molar-refractivity contribution is 5.57. The first-order valence-corrected chi connectivity index (χ1v) is 6.67. The number of aromatic nitrogens is 2. The van der Waals surface area contributed by atoms with Gasteiger partial charge in [-0.3, -0.25) is 0 Å². The molecule has 0 saturated carbocycles. The first-order valence-electron chi connectivity index (χ1n) is 6.67. The topological polar surface area (TPSA) is 29.3 Å². The zero-order valence-electron chi connectivity index (χ0n) is 11.8. The SMILES string of the molecule is CNC(c1ccc(C)c(F)c1F)c1cnn2ccccc12. The second-order valence-corrected chi connectivity index (χ2v) is 4.95. The van der Waals surface area contributed by atoms with E-state index in [-0.39, 0.29) is 5.56 Å². The Morgan fingerprint density at radius 2 is 1.90 bits per heavy atom. The number of pyridine rings is 1. The third kappa shape index (κ3) is 2.19. The molecule has 0 aliphatic carbocycles. The quantitative estimate of drug-likeness (QED) is 0.801. The van der Waals surface area contributed by atoms with Gasteiger partial charge < -0.3 is 5.32 Å². The van der Waals surface area contributed by atoms with Crippen LogP contribution in [0.5, 0.6) is 0 Å². The smallest absolute Gasteiger partial charge is 0.164 e. The van der Waals surface area contributed by atoms with Gasteiger partial charge in [0.05, 0.1) is 17.8 Å². The number of halogens is 2. The molecule has 0 bridgehead atoms. The van der Waals surface area contributed by atoms with Crippen LogP contribution in [-0.2, 0) is 0 Å². The molecule has 0 amide bonds. The van der Waals surface area contributed by atoms with E-state index in [1.807, 2.05) is 24.4 Å². The molecule has 2 heterocycles. The van der Waals surface area contributed by atoms with E-state index in [1.54, 1.807) is 36.8 Å². The highest BCUT2D eigenvalue weighted by Gasteiger charge is 2.22. The van der Waals surface area contributed by atoms with Gasteiger partial charge in [-0.2, -0.15) is 5.10 Å². The minimum atomic E-state index is -0.815. The van der Waals surface area contributed by atoms with E-state index in [9.17, 15) is 8.78 Å². The summed E-state index contributed by atoms with van der Waals surface area (Å²) in [5.74, 6) is -1.62. The minimum Gasteiger partial charge on any atom is -0.309 e. The zero-order valence-corrected chi connectivity index (χ0v) is 11.8. The van der Waals surface area contributed by atoms with Gasteiger partial charge in [0.15, 0.2) is 11.6 Å². The van der Waals surface area contributed by atoms with E-state index in [2.05, 4.69) is 10.4 Å². The van der Waals surface area contributed by atoms with E-state index in [0.717, 1.165) is 11.1 Å². The molecule has 21 heavy (non-hydrogen) atoms. The third-order valence-electron chi connectivity index (χ3n) is 3.67. The first-order chi connectivity index (χ1) is 10.1. The maximum Gasteiger partial charge on any atom is 0.164 e. The fourth-order valence-electron chi connectivity index (χ4n) is 2.54. The minimum absolute atomic E-state index is 0.277. The Labute approximate surface area is 121 Å². The van der Waals surface area contributed by atoms with Crippen molar-refractivity contribution >= 4 is 5.52 Å². The van der Waals surface area contributed by atoms with E-state index in [0.29, 0.717) is 5.56 Å². The van der Waals surface area contributed by atoms with E-state index in [1.165, 1.54) is 0 Å². The molecule has 1 N–H and O–H groups in total. The summed E-state index contributed by atoms with van der Waals surface area (Å²) in [6.07, 6.45) is 3.49. The van der Waals surface area contributed by atoms with Crippen LogP contribution in [0.25, 0.3) is 5.52 Å². The summed E-state index contributed by atoms with van der Waals surface area (Å²) >= 11 is 0. The van der Waals surface area contributed by atoms with Gasteiger partial charge in [0, 0.05) is 17.3 Å². The van der Waals surface area contributed by atoms with Gasteiger partial charge in [0.1, 0.15) is 0 Å². The second-order valence-electron chi connectivity index (χ2n) is 4.95. The number of benzene rings is 1. The van der Waals surface area contributed by atoms with Gasteiger partial charge in [-0.05, 0) is 31.7 Å². The monoisotopic (exact) mass is 287 g/mol. The number of hydrogen-bond donors (Lipinski definition) is 1. The van der Waals surface area contributed by atoms with Crippen molar-refractivity contribution in [3.63, 3.8) is 0 Å². The lowest BCUT2D eigenvalue weighted by Gasteiger charge is -2.17. The van der Waals surface area contributed by atoms with Gasteiger partial charge in [-0.15, -0.1) is 0 Å². The Hall–Kier alpha value is -2.27. The molecule has 0 aliphatic heterocycles. The zero-order chi connectivity index (χ0) is 15.0. The summed E-state index contributed by atoms with van der Waals surface area (Å²) in [5.41, 5.74) is 2.24. The summed E-state index contributed by atoms with van der Waals surface area (Å²) in [5, 5.41) is 7.28. The Morgan fingerprint density at radius 1 is 1.10 bits per heavy atom. The molecule has 3 aromatic rings. The van der Waals surface area contributed by atoms with E-state index in [4.69, 9.17) is 0 Å². The Balaban J connectivity index is 2.17.